The van der Waals surface area contributed by atoms with Crippen molar-refractivity contribution in [2.24, 2.45) is 34.5 Å². The van der Waals surface area contributed by atoms with Crippen LogP contribution in [-0.2, 0) is 4.79 Å². The summed E-state index contributed by atoms with van der Waals surface area (Å²) in [5, 5.41) is 0. The van der Waals surface area contributed by atoms with Gasteiger partial charge in [-0.3, -0.25) is 0 Å². The fraction of sp³-hybridized carbons (Fsp3) is 0.950. The zero-order valence-corrected chi connectivity index (χ0v) is 15.0. The van der Waals surface area contributed by atoms with E-state index in [0.29, 0.717) is 16.7 Å². The van der Waals surface area contributed by atoms with E-state index in [1.54, 1.807) is 0 Å². The smallest absolute Gasteiger partial charge is 0.120 e. The third-order valence-corrected chi connectivity index (χ3v) is 7.19. The predicted molar refractivity (Wildman–Crippen MR) is 90.2 cm³/mol. The van der Waals surface area contributed by atoms with Crippen LogP contribution in [0.25, 0.3) is 0 Å². The van der Waals surface area contributed by atoms with Crippen molar-refractivity contribution in [1.82, 2.24) is 0 Å². The molecule has 0 heterocycles. The summed E-state index contributed by atoms with van der Waals surface area (Å²) in [4.78, 5) is 10.7. The highest BCUT2D eigenvalue weighted by atomic mass is 16.1. The Morgan fingerprint density at radius 1 is 1.19 bits per heavy atom. The lowest BCUT2D eigenvalue weighted by atomic mass is 9.46. The van der Waals surface area contributed by atoms with Crippen molar-refractivity contribution in [2.75, 3.05) is 0 Å². The van der Waals surface area contributed by atoms with Crippen molar-refractivity contribution in [3.8, 4) is 0 Å². The fourth-order valence-corrected chi connectivity index (χ4v) is 5.97. The van der Waals surface area contributed by atoms with Gasteiger partial charge in [-0.05, 0) is 60.2 Å². The van der Waals surface area contributed by atoms with Crippen molar-refractivity contribution >= 4 is 6.29 Å². The lowest BCUT2D eigenvalue weighted by Gasteiger charge is -2.59. The molecule has 21 heavy (non-hydrogen) atoms. The highest BCUT2D eigenvalue weighted by Gasteiger charge is 2.53. The molecule has 0 N–H and O–H groups in total. The molecule has 0 aromatic rings. The zero-order chi connectivity index (χ0) is 15.7. The maximum absolute atomic E-state index is 10.7. The summed E-state index contributed by atoms with van der Waals surface area (Å²) < 4.78 is 0. The summed E-state index contributed by atoms with van der Waals surface area (Å²) in [6.45, 7) is 12.3. The second-order valence-corrected chi connectivity index (χ2v) is 9.15. The lowest BCUT2D eigenvalue weighted by Crippen LogP contribution is -2.51. The highest BCUT2D eigenvalue weighted by Crippen LogP contribution is 2.62. The van der Waals surface area contributed by atoms with Gasteiger partial charge >= 0.3 is 0 Å². The first-order valence-corrected chi connectivity index (χ1v) is 9.25. The molecule has 0 amide bonds. The first kappa shape index (κ1) is 17.0. The highest BCUT2D eigenvalue weighted by molar-refractivity contribution is 5.49. The van der Waals surface area contributed by atoms with Gasteiger partial charge < -0.3 is 4.79 Å². The summed E-state index contributed by atoms with van der Waals surface area (Å²) in [6.07, 6.45) is 11.5. The van der Waals surface area contributed by atoms with E-state index in [-0.39, 0.29) is 0 Å². The van der Waals surface area contributed by atoms with Gasteiger partial charge in [0.15, 0.2) is 0 Å². The molecule has 2 rings (SSSR count). The first-order chi connectivity index (χ1) is 9.81. The average molecular weight is 293 g/mol. The van der Waals surface area contributed by atoms with Crippen molar-refractivity contribution < 1.29 is 4.79 Å². The van der Waals surface area contributed by atoms with E-state index in [2.05, 4.69) is 34.6 Å². The van der Waals surface area contributed by atoms with Gasteiger partial charge in [0, 0.05) is 6.42 Å². The summed E-state index contributed by atoms with van der Waals surface area (Å²) in [7, 11) is 0. The van der Waals surface area contributed by atoms with Crippen LogP contribution in [0.15, 0.2) is 0 Å². The molecule has 0 aliphatic heterocycles. The Balaban J connectivity index is 2.11. The van der Waals surface area contributed by atoms with Crippen molar-refractivity contribution in [2.45, 2.75) is 86.0 Å². The van der Waals surface area contributed by atoms with Gasteiger partial charge in [0.2, 0.25) is 0 Å². The number of hydrogen-bond donors (Lipinski definition) is 0. The number of fused-ring (bicyclic) bond motifs is 1. The van der Waals surface area contributed by atoms with Crippen molar-refractivity contribution in [3.63, 3.8) is 0 Å². The normalized spacial score (nSPS) is 40.3. The van der Waals surface area contributed by atoms with Gasteiger partial charge in [-0.1, -0.05) is 53.9 Å². The lowest BCUT2D eigenvalue weighted by molar-refractivity contribution is -0.109. The van der Waals surface area contributed by atoms with Crippen LogP contribution >= 0.6 is 0 Å². The van der Waals surface area contributed by atoms with Crippen LogP contribution in [0.2, 0.25) is 0 Å². The van der Waals surface area contributed by atoms with Crippen LogP contribution in [0, 0.1) is 34.5 Å². The zero-order valence-electron chi connectivity index (χ0n) is 15.0. The number of rotatable bonds is 5. The molecule has 0 saturated heterocycles. The number of aldehydes is 1. The Kier molecular flexibility index (Phi) is 5.21. The van der Waals surface area contributed by atoms with Crippen molar-refractivity contribution in [1.29, 1.82) is 0 Å². The summed E-state index contributed by atoms with van der Waals surface area (Å²) in [6, 6.07) is 0. The molecule has 0 aromatic heterocycles. The molecule has 0 bridgehead atoms. The summed E-state index contributed by atoms with van der Waals surface area (Å²) in [5.74, 6) is 3.20. The average Bonchev–Trinajstić information content (AvgIpc) is 2.37. The molecule has 2 fully saturated rings. The minimum absolute atomic E-state index is 0.528. The Bertz CT molecular complexity index is 359. The van der Waals surface area contributed by atoms with Crippen LogP contribution in [-0.4, -0.2) is 6.29 Å². The number of carbonyl (C=O) groups is 1. The second kappa shape index (κ2) is 6.42. The number of carbonyl (C=O) groups excluding carboxylic acids is 1. The third-order valence-electron chi connectivity index (χ3n) is 7.19. The fourth-order valence-electron chi connectivity index (χ4n) is 5.97. The van der Waals surface area contributed by atoms with E-state index < -0.39 is 0 Å². The summed E-state index contributed by atoms with van der Waals surface area (Å²) in [5.41, 5.74) is 1.07. The molecule has 2 aliphatic carbocycles. The Morgan fingerprint density at radius 2 is 1.90 bits per heavy atom. The van der Waals surface area contributed by atoms with Crippen LogP contribution in [0.1, 0.15) is 86.0 Å². The van der Waals surface area contributed by atoms with E-state index in [9.17, 15) is 4.79 Å². The predicted octanol–water partition coefficient (Wildman–Crippen LogP) is 5.87. The molecule has 0 spiro atoms. The van der Waals surface area contributed by atoms with Crippen LogP contribution < -0.4 is 0 Å². The first-order valence-electron chi connectivity index (χ1n) is 9.25. The van der Waals surface area contributed by atoms with Crippen LogP contribution in [0.5, 0.6) is 0 Å². The standard InChI is InChI=1S/C20H36O/c1-15(11-14-21)7-9-17-16(2)8-10-18-19(3,4)12-6-13-20(17,18)5/h14-18H,6-13H2,1-5H3/t15?,16?,17?,18-,20+/m0/s1. The molecule has 122 valence electrons. The van der Waals surface area contributed by atoms with E-state index in [4.69, 9.17) is 0 Å². The largest absolute Gasteiger partial charge is 0.303 e. The van der Waals surface area contributed by atoms with Gasteiger partial charge in [-0.2, -0.15) is 0 Å². The van der Waals surface area contributed by atoms with Gasteiger partial charge in [0.25, 0.3) is 0 Å². The van der Waals surface area contributed by atoms with Gasteiger partial charge in [-0.25, -0.2) is 0 Å². The molecule has 2 aliphatic rings. The second-order valence-electron chi connectivity index (χ2n) is 9.15. The topological polar surface area (TPSA) is 17.1 Å². The monoisotopic (exact) mass is 292 g/mol. The minimum atomic E-state index is 0.528. The van der Waals surface area contributed by atoms with E-state index in [1.165, 1.54) is 44.9 Å². The molecule has 1 heteroatoms. The van der Waals surface area contributed by atoms with Gasteiger partial charge in [-0.15, -0.1) is 0 Å². The van der Waals surface area contributed by atoms with E-state index >= 15 is 0 Å². The summed E-state index contributed by atoms with van der Waals surface area (Å²) >= 11 is 0. The SMILES string of the molecule is CC(CC=O)CCC1C(C)CC[C@H]2C(C)(C)CCC[C@]12C. The number of hydrogen-bond acceptors (Lipinski definition) is 1. The molecule has 0 aromatic carbocycles. The maximum Gasteiger partial charge on any atom is 0.120 e. The molecular weight excluding hydrogens is 256 g/mol. The molecule has 1 nitrogen and oxygen atoms in total. The molecule has 0 radical (unpaired) electrons. The Morgan fingerprint density at radius 3 is 2.57 bits per heavy atom. The van der Waals surface area contributed by atoms with Gasteiger partial charge in [0.05, 0.1) is 0 Å². The van der Waals surface area contributed by atoms with Crippen LogP contribution in [0.3, 0.4) is 0 Å². The van der Waals surface area contributed by atoms with Crippen molar-refractivity contribution in [3.05, 3.63) is 0 Å². The molecular formula is C20H36O. The minimum Gasteiger partial charge on any atom is -0.303 e. The molecule has 3 unspecified atom stereocenters. The molecule has 2 saturated carbocycles. The Hall–Kier alpha value is -0.330. The van der Waals surface area contributed by atoms with Gasteiger partial charge in [0.1, 0.15) is 6.29 Å². The Labute approximate surface area is 132 Å². The maximum atomic E-state index is 10.7. The molecule has 5 atom stereocenters. The van der Waals surface area contributed by atoms with E-state index in [0.717, 1.165) is 30.5 Å². The van der Waals surface area contributed by atoms with E-state index in [1.807, 2.05) is 0 Å². The third kappa shape index (κ3) is 3.37. The quantitative estimate of drug-likeness (QED) is 0.579. The van der Waals surface area contributed by atoms with Crippen LogP contribution in [0.4, 0.5) is 0 Å².